The molecule has 22 heavy (non-hydrogen) atoms. The summed E-state index contributed by atoms with van der Waals surface area (Å²) in [5, 5.41) is 0. The Balaban J connectivity index is 2.14. The second-order valence-electron chi connectivity index (χ2n) is 5.51. The van der Waals surface area contributed by atoms with E-state index in [0.29, 0.717) is 5.56 Å². The van der Waals surface area contributed by atoms with Crippen LogP contribution in [-0.2, 0) is 10.0 Å². The van der Waals surface area contributed by atoms with Crippen LogP contribution in [-0.4, -0.2) is 38.4 Å². The average molecular weight is 322 g/mol. The molecule has 1 atom stereocenters. The first kappa shape index (κ1) is 16.7. The lowest BCUT2D eigenvalue weighted by atomic mass is 10.0. The summed E-state index contributed by atoms with van der Waals surface area (Å²) in [5.41, 5.74) is 0.524. The molecular weight excluding hydrogens is 300 g/mol. The summed E-state index contributed by atoms with van der Waals surface area (Å²) >= 11 is 0. The number of likely N-dealkylation sites (tertiary alicyclic amines) is 1. The van der Waals surface area contributed by atoms with Gasteiger partial charge < -0.3 is 4.90 Å². The molecule has 0 aliphatic carbocycles. The molecule has 0 saturated carbocycles. The fraction of sp³-hybridized carbons (Fsp3) is 0.438. The number of nitrogens with zero attached hydrogens (tertiary/aromatic N) is 1. The summed E-state index contributed by atoms with van der Waals surface area (Å²) < 4.78 is 26.3. The summed E-state index contributed by atoms with van der Waals surface area (Å²) in [6.07, 6.45) is 4.67. The molecule has 1 saturated heterocycles. The largest absolute Gasteiger partial charge is 0.336 e. The Hall–Kier alpha value is -1.66. The molecule has 1 aromatic rings. The van der Waals surface area contributed by atoms with Gasteiger partial charge in [-0.25, -0.2) is 13.1 Å². The Morgan fingerprint density at radius 1 is 1.36 bits per heavy atom. The monoisotopic (exact) mass is 322 g/mol. The van der Waals surface area contributed by atoms with Gasteiger partial charge in [0.05, 0.1) is 4.90 Å². The van der Waals surface area contributed by atoms with Crippen molar-refractivity contribution in [3.05, 3.63) is 42.5 Å². The molecular formula is C16H22N2O3S. The van der Waals surface area contributed by atoms with Crippen molar-refractivity contribution in [1.29, 1.82) is 0 Å². The van der Waals surface area contributed by atoms with Gasteiger partial charge in [-0.15, -0.1) is 6.58 Å². The molecule has 0 aromatic heterocycles. The maximum Gasteiger partial charge on any atom is 0.254 e. The third-order valence-electron chi connectivity index (χ3n) is 3.89. The maximum atomic E-state index is 12.5. The molecule has 0 radical (unpaired) electrons. The molecule has 6 heteroatoms. The molecule has 1 aromatic carbocycles. The van der Waals surface area contributed by atoms with Gasteiger partial charge in [-0.1, -0.05) is 6.08 Å². The summed E-state index contributed by atoms with van der Waals surface area (Å²) in [4.78, 5) is 14.5. The van der Waals surface area contributed by atoms with Gasteiger partial charge in [0.25, 0.3) is 5.91 Å². The van der Waals surface area contributed by atoms with Crippen LogP contribution in [0.25, 0.3) is 0 Å². The first-order chi connectivity index (χ1) is 10.5. The highest BCUT2D eigenvalue weighted by atomic mass is 32.2. The molecule has 0 bridgehead atoms. The summed E-state index contributed by atoms with van der Waals surface area (Å²) in [6, 6.07) is 6.32. The third kappa shape index (κ3) is 3.75. The zero-order valence-corrected chi connectivity index (χ0v) is 13.6. The van der Waals surface area contributed by atoms with Crippen molar-refractivity contribution < 1.29 is 13.2 Å². The zero-order chi connectivity index (χ0) is 16.2. The van der Waals surface area contributed by atoms with E-state index >= 15 is 0 Å². The Bertz CT molecular complexity index is 638. The van der Waals surface area contributed by atoms with E-state index < -0.39 is 10.0 Å². The molecule has 5 nitrogen and oxygen atoms in total. The first-order valence-corrected chi connectivity index (χ1v) is 8.95. The first-order valence-electron chi connectivity index (χ1n) is 7.47. The van der Waals surface area contributed by atoms with E-state index in [1.54, 1.807) is 12.1 Å². The molecule has 1 unspecified atom stereocenters. The quantitative estimate of drug-likeness (QED) is 0.845. The SMILES string of the molecule is C=CCNS(=O)(=O)c1ccc(C(=O)N2CCCCC2C)cc1. The maximum absolute atomic E-state index is 12.5. The van der Waals surface area contributed by atoms with E-state index in [1.807, 2.05) is 4.90 Å². The van der Waals surface area contributed by atoms with Gasteiger partial charge in [-0.3, -0.25) is 4.79 Å². The van der Waals surface area contributed by atoms with E-state index in [0.717, 1.165) is 25.8 Å². The van der Waals surface area contributed by atoms with Gasteiger partial charge >= 0.3 is 0 Å². The molecule has 1 aliphatic rings. The van der Waals surface area contributed by atoms with Crippen LogP contribution < -0.4 is 4.72 Å². The Morgan fingerprint density at radius 2 is 2.05 bits per heavy atom. The van der Waals surface area contributed by atoms with Crippen molar-refractivity contribution in [3.63, 3.8) is 0 Å². The van der Waals surface area contributed by atoms with Crippen LogP contribution in [0.2, 0.25) is 0 Å². The van der Waals surface area contributed by atoms with Crippen LogP contribution in [0.5, 0.6) is 0 Å². The highest BCUT2D eigenvalue weighted by Crippen LogP contribution is 2.20. The number of carbonyl (C=O) groups is 1. The van der Waals surface area contributed by atoms with Crippen LogP contribution >= 0.6 is 0 Å². The number of sulfonamides is 1. The molecule has 1 amide bonds. The Kier molecular flexibility index (Phi) is 5.37. The second kappa shape index (κ2) is 7.07. The van der Waals surface area contributed by atoms with Crippen molar-refractivity contribution in [2.24, 2.45) is 0 Å². The lowest BCUT2D eigenvalue weighted by Crippen LogP contribution is -2.42. The van der Waals surface area contributed by atoms with Gasteiger partial charge in [0.15, 0.2) is 0 Å². The van der Waals surface area contributed by atoms with Crippen molar-refractivity contribution in [3.8, 4) is 0 Å². The van der Waals surface area contributed by atoms with E-state index in [9.17, 15) is 13.2 Å². The van der Waals surface area contributed by atoms with Crippen LogP contribution in [0.3, 0.4) is 0 Å². The van der Waals surface area contributed by atoms with E-state index in [4.69, 9.17) is 0 Å². The van der Waals surface area contributed by atoms with Gasteiger partial charge in [0.2, 0.25) is 10.0 Å². The average Bonchev–Trinajstić information content (AvgIpc) is 2.53. The van der Waals surface area contributed by atoms with Crippen molar-refractivity contribution >= 4 is 15.9 Å². The topological polar surface area (TPSA) is 66.5 Å². The standard InChI is InChI=1S/C16H22N2O3S/c1-3-11-17-22(20,21)15-9-7-14(8-10-15)16(19)18-12-5-4-6-13(18)2/h3,7-10,13,17H,1,4-6,11-12H2,2H3. The fourth-order valence-electron chi connectivity index (χ4n) is 2.59. The van der Waals surface area contributed by atoms with Gasteiger partial charge in [-0.05, 0) is 50.5 Å². The zero-order valence-electron chi connectivity index (χ0n) is 12.8. The number of benzene rings is 1. The van der Waals surface area contributed by atoms with E-state index in [1.165, 1.54) is 18.2 Å². The molecule has 2 rings (SSSR count). The van der Waals surface area contributed by atoms with Crippen molar-refractivity contribution in [2.45, 2.75) is 37.1 Å². The lowest BCUT2D eigenvalue weighted by molar-refractivity contribution is 0.0635. The minimum Gasteiger partial charge on any atom is -0.336 e. The number of nitrogens with one attached hydrogen (secondary N) is 1. The highest BCUT2D eigenvalue weighted by Gasteiger charge is 2.24. The molecule has 120 valence electrons. The van der Waals surface area contributed by atoms with Crippen LogP contribution in [0.1, 0.15) is 36.5 Å². The van der Waals surface area contributed by atoms with E-state index in [-0.39, 0.29) is 23.4 Å². The predicted octanol–water partition coefficient (Wildman–Crippen LogP) is 2.17. The fourth-order valence-corrected chi connectivity index (χ4v) is 3.59. The number of amides is 1. The summed E-state index contributed by atoms with van der Waals surface area (Å²) in [6.45, 7) is 6.47. The highest BCUT2D eigenvalue weighted by molar-refractivity contribution is 7.89. The normalized spacial score (nSPS) is 19.0. The number of hydrogen-bond acceptors (Lipinski definition) is 3. The van der Waals surface area contributed by atoms with Crippen molar-refractivity contribution in [2.75, 3.05) is 13.1 Å². The smallest absolute Gasteiger partial charge is 0.254 e. The molecule has 1 fully saturated rings. The van der Waals surface area contributed by atoms with Crippen molar-refractivity contribution in [1.82, 2.24) is 9.62 Å². The third-order valence-corrected chi connectivity index (χ3v) is 5.33. The van der Waals surface area contributed by atoms with Gasteiger partial charge in [-0.2, -0.15) is 0 Å². The number of rotatable bonds is 5. The summed E-state index contributed by atoms with van der Waals surface area (Å²) in [5.74, 6) is -0.0322. The predicted molar refractivity (Wildman–Crippen MR) is 86.2 cm³/mol. The van der Waals surface area contributed by atoms with Gasteiger partial charge in [0.1, 0.15) is 0 Å². The summed E-state index contributed by atoms with van der Waals surface area (Å²) in [7, 11) is -3.55. The Morgan fingerprint density at radius 3 is 2.64 bits per heavy atom. The van der Waals surface area contributed by atoms with Crippen LogP contribution in [0.4, 0.5) is 0 Å². The van der Waals surface area contributed by atoms with Crippen LogP contribution in [0, 0.1) is 0 Å². The molecule has 0 spiro atoms. The van der Waals surface area contributed by atoms with E-state index in [2.05, 4.69) is 18.2 Å². The second-order valence-corrected chi connectivity index (χ2v) is 7.28. The molecule has 1 heterocycles. The Labute approximate surface area is 132 Å². The van der Waals surface area contributed by atoms with Crippen LogP contribution in [0.15, 0.2) is 41.8 Å². The van der Waals surface area contributed by atoms with Gasteiger partial charge in [0, 0.05) is 24.7 Å². The number of hydrogen-bond donors (Lipinski definition) is 1. The molecule has 1 N–H and O–H groups in total. The lowest BCUT2D eigenvalue weighted by Gasteiger charge is -2.33. The minimum absolute atomic E-state index is 0.0322. The minimum atomic E-state index is -3.55. The number of carbonyl (C=O) groups excluding carboxylic acids is 1. The molecule has 1 aliphatic heterocycles. The number of piperidine rings is 1.